The fourth-order valence-corrected chi connectivity index (χ4v) is 2.11. The second kappa shape index (κ2) is 7.97. The van der Waals surface area contributed by atoms with Crippen LogP contribution in [0.15, 0.2) is 65.1 Å². The molecular weight excluding hydrogens is 304 g/mol. The third-order valence-electron chi connectivity index (χ3n) is 3.34. The molecule has 0 radical (unpaired) electrons. The second-order valence-electron chi connectivity index (χ2n) is 5.20. The van der Waals surface area contributed by atoms with Crippen molar-refractivity contribution < 1.29 is 14.3 Å². The first-order valence-electron chi connectivity index (χ1n) is 7.78. The highest BCUT2D eigenvalue weighted by Crippen LogP contribution is 2.20. The molecule has 0 amide bonds. The molecule has 1 aromatic heterocycles. The number of nitrogens with zero attached hydrogens (tertiary/aromatic N) is 2. The number of hydrogen-bond donors (Lipinski definition) is 1. The Kier molecular flexibility index (Phi) is 5.24. The van der Waals surface area contributed by atoms with Gasteiger partial charge in [-0.25, -0.2) is 0 Å². The largest absolute Gasteiger partial charge is 0.508 e. The normalized spacial score (nSPS) is 11.0. The van der Waals surface area contributed by atoms with Crippen LogP contribution in [-0.4, -0.2) is 21.9 Å². The molecule has 2 aromatic carbocycles. The molecule has 0 unspecified atom stereocenters. The van der Waals surface area contributed by atoms with Crippen LogP contribution in [0.2, 0.25) is 0 Å². The Morgan fingerprint density at radius 2 is 1.79 bits per heavy atom. The second-order valence-corrected chi connectivity index (χ2v) is 5.20. The van der Waals surface area contributed by atoms with E-state index in [-0.39, 0.29) is 5.75 Å². The zero-order chi connectivity index (χ0) is 16.6. The van der Waals surface area contributed by atoms with Gasteiger partial charge in [0.05, 0.1) is 6.61 Å². The summed E-state index contributed by atoms with van der Waals surface area (Å²) in [5, 5.41) is 17.3. The summed E-state index contributed by atoms with van der Waals surface area (Å²) in [6.07, 6.45) is 5.57. The van der Waals surface area contributed by atoms with Crippen LogP contribution in [0, 0.1) is 0 Å². The lowest BCUT2D eigenvalue weighted by Gasteiger charge is -2.03. The van der Waals surface area contributed by atoms with Gasteiger partial charge in [0, 0.05) is 5.56 Å². The van der Waals surface area contributed by atoms with Crippen LogP contribution in [0.1, 0.15) is 18.7 Å². The lowest BCUT2D eigenvalue weighted by molar-refractivity contribution is 0.312. The number of allylic oxidation sites excluding steroid dienone is 1. The van der Waals surface area contributed by atoms with E-state index in [0.29, 0.717) is 18.4 Å². The van der Waals surface area contributed by atoms with Crippen molar-refractivity contribution in [3.05, 3.63) is 66.6 Å². The van der Waals surface area contributed by atoms with Crippen LogP contribution in [0.5, 0.6) is 11.5 Å². The van der Waals surface area contributed by atoms with Gasteiger partial charge < -0.3 is 14.3 Å². The maximum Gasteiger partial charge on any atom is 0.248 e. The fourth-order valence-electron chi connectivity index (χ4n) is 2.11. The first-order valence-corrected chi connectivity index (χ1v) is 7.78. The van der Waals surface area contributed by atoms with Crippen molar-refractivity contribution in [3.63, 3.8) is 0 Å². The van der Waals surface area contributed by atoms with Crippen molar-refractivity contribution in [1.82, 2.24) is 10.2 Å². The number of para-hydroxylation sites is 1. The molecule has 3 aromatic rings. The zero-order valence-corrected chi connectivity index (χ0v) is 13.1. The van der Waals surface area contributed by atoms with E-state index in [1.807, 2.05) is 36.4 Å². The SMILES string of the molecule is Oc1ccc(-c2nnc(/C=C/CCCOc3ccccc3)o2)cc1. The molecule has 0 aliphatic rings. The fraction of sp³-hybridized carbons (Fsp3) is 0.158. The molecule has 0 aliphatic heterocycles. The van der Waals surface area contributed by atoms with Crippen molar-refractivity contribution >= 4 is 6.08 Å². The summed E-state index contributed by atoms with van der Waals surface area (Å²) in [5.74, 6) is 1.98. The van der Waals surface area contributed by atoms with Crippen molar-refractivity contribution in [2.45, 2.75) is 12.8 Å². The molecule has 0 aliphatic carbocycles. The number of phenols is 1. The van der Waals surface area contributed by atoms with E-state index in [9.17, 15) is 5.11 Å². The van der Waals surface area contributed by atoms with E-state index in [1.54, 1.807) is 30.3 Å². The Labute approximate surface area is 140 Å². The highest BCUT2D eigenvalue weighted by atomic mass is 16.5. The Balaban J connectivity index is 1.44. The summed E-state index contributed by atoms with van der Waals surface area (Å²) in [4.78, 5) is 0. The van der Waals surface area contributed by atoms with Gasteiger partial charge in [-0.15, -0.1) is 10.2 Å². The summed E-state index contributed by atoms with van der Waals surface area (Å²) in [6, 6.07) is 16.4. The molecule has 0 fully saturated rings. The van der Waals surface area contributed by atoms with E-state index >= 15 is 0 Å². The Hall–Kier alpha value is -3.08. The number of aromatic nitrogens is 2. The number of unbranched alkanes of at least 4 members (excludes halogenated alkanes) is 1. The molecule has 1 heterocycles. The molecule has 24 heavy (non-hydrogen) atoms. The van der Waals surface area contributed by atoms with Gasteiger partial charge in [-0.05, 0) is 55.3 Å². The van der Waals surface area contributed by atoms with Crippen LogP contribution in [0.25, 0.3) is 17.5 Å². The maximum absolute atomic E-state index is 9.28. The van der Waals surface area contributed by atoms with Gasteiger partial charge in [-0.1, -0.05) is 24.3 Å². The Morgan fingerprint density at radius 1 is 1.00 bits per heavy atom. The van der Waals surface area contributed by atoms with Gasteiger partial charge in [0.25, 0.3) is 0 Å². The molecule has 5 heteroatoms. The lowest BCUT2D eigenvalue weighted by Crippen LogP contribution is -1.95. The molecule has 5 nitrogen and oxygen atoms in total. The van der Waals surface area contributed by atoms with E-state index in [1.165, 1.54) is 0 Å². The molecular formula is C19H18N2O3. The average Bonchev–Trinajstić information content (AvgIpc) is 3.08. The van der Waals surface area contributed by atoms with Gasteiger partial charge in [0.15, 0.2) is 0 Å². The quantitative estimate of drug-likeness (QED) is 0.656. The molecule has 0 spiro atoms. The average molecular weight is 322 g/mol. The third-order valence-corrected chi connectivity index (χ3v) is 3.34. The zero-order valence-electron chi connectivity index (χ0n) is 13.1. The summed E-state index contributed by atoms with van der Waals surface area (Å²) in [7, 11) is 0. The maximum atomic E-state index is 9.28. The smallest absolute Gasteiger partial charge is 0.248 e. The van der Waals surface area contributed by atoms with Gasteiger partial charge in [-0.3, -0.25) is 0 Å². The van der Waals surface area contributed by atoms with Crippen LogP contribution < -0.4 is 4.74 Å². The number of benzene rings is 2. The van der Waals surface area contributed by atoms with Crippen LogP contribution in [-0.2, 0) is 0 Å². The minimum atomic E-state index is 0.205. The first-order chi connectivity index (χ1) is 11.8. The van der Waals surface area contributed by atoms with E-state index in [0.717, 1.165) is 24.2 Å². The molecule has 0 saturated carbocycles. The molecule has 0 saturated heterocycles. The van der Waals surface area contributed by atoms with Crippen LogP contribution in [0.4, 0.5) is 0 Å². The molecule has 3 rings (SSSR count). The van der Waals surface area contributed by atoms with Gasteiger partial charge in [-0.2, -0.15) is 0 Å². The number of ether oxygens (including phenoxy) is 1. The number of phenolic OH excluding ortho intramolecular Hbond substituents is 1. The molecule has 0 atom stereocenters. The number of aromatic hydroxyl groups is 1. The minimum absolute atomic E-state index is 0.205. The molecule has 122 valence electrons. The van der Waals surface area contributed by atoms with E-state index in [2.05, 4.69) is 10.2 Å². The van der Waals surface area contributed by atoms with E-state index in [4.69, 9.17) is 9.15 Å². The number of hydrogen-bond acceptors (Lipinski definition) is 5. The summed E-state index contributed by atoms with van der Waals surface area (Å²) >= 11 is 0. The van der Waals surface area contributed by atoms with Gasteiger partial charge >= 0.3 is 0 Å². The first kappa shape index (κ1) is 15.8. The highest BCUT2D eigenvalue weighted by molar-refractivity contribution is 5.54. The van der Waals surface area contributed by atoms with Crippen molar-refractivity contribution in [2.24, 2.45) is 0 Å². The topological polar surface area (TPSA) is 68.4 Å². The monoisotopic (exact) mass is 322 g/mol. The Bertz CT molecular complexity index is 780. The van der Waals surface area contributed by atoms with Crippen molar-refractivity contribution in [1.29, 1.82) is 0 Å². The van der Waals surface area contributed by atoms with Crippen LogP contribution >= 0.6 is 0 Å². The molecule has 1 N–H and O–H groups in total. The summed E-state index contributed by atoms with van der Waals surface area (Å²) < 4.78 is 11.2. The summed E-state index contributed by atoms with van der Waals surface area (Å²) in [5.41, 5.74) is 0.774. The predicted molar refractivity (Wildman–Crippen MR) is 91.6 cm³/mol. The van der Waals surface area contributed by atoms with Crippen molar-refractivity contribution in [2.75, 3.05) is 6.61 Å². The van der Waals surface area contributed by atoms with Crippen molar-refractivity contribution in [3.8, 4) is 23.0 Å². The van der Waals surface area contributed by atoms with Gasteiger partial charge in [0.1, 0.15) is 11.5 Å². The molecule has 0 bridgehead atoms. The number of rotatable bonds is 7. The van der Waals surface area contributed by atoms with Gasteiger partial charge in [0.2, 0.25) is 11.8 Å². The summed E-state index contributed by atoms with van der Waals surface area (Å²) in [6.45, 7) is 0.664. The highest BCUT2D eigenvalue weighted by Gasteiger charge is 2.06. The standard InChI is InChI=1S/C19H18N2O3/c22-16-12-10-15(11-13-16)19-21-20-18(24-19)9-5-2-6-14-23-17-7-3-1-4-8-17/h1,3-5,7-13,22H,2,6,14H2/b9-5+. The van der Waals surface area contributed by atoms with E-state index < -0.39 is 0 Å². The minimum Gasteiger partial charge on any atom is -0.508 e. The predicted octanol–water partition coefficient (Wildman–Crippen LogP) is 4.31. The third kappa shape index (κ3) is 4.46. The Morgan fingerprint density at radius 3 is 2.58 bits per heavy atom. The lowest BCUT2D eigenvalue weighted by atomic mass is 10.2. The van der Waals surface area contributed by atoms with Crippen LogP contribution in [0.3, 0.4) is 0 Å².